The average Bonchev–Trinajstić information content (AvgIpc) is 3.24. The van der Waals surface area contributed by atoms with Crippen molar-refractivity contribution in [2.45, 2.75) is 0 Å². The molecule has 0 spiro atoms. The van der Waals surface area contributed by atoms with Gasteiger partial charge in [0.1, 0.15) is 0 Å². The Labute approximate surface area is 310 Å². The van der Waals surface area contributed by atoms with Crippen molar-refractivity contribution in [3.63, 3.8) is 0 Å². The minimum atomic E-state index is 0.530. The molecule has 0 N–H and O–H groups in total. The van der Waals surface area contributed by atoms with Crippen molar-refractivity contribution in [3.8, 4) is 45.7 Å². The zero-order chi connectivity index (χ0) is 35.6. The molecule has 54 heavy (non-hydrogen) atoms. The van der Waals surface area contributed by atoms with Gasteiger partial charge in [-0.25, -0.2) is 15.0 Å². The summed E-state index contributed by atoms with van der Waals surface area (Å²) in [4.78, 5) is 22.6. The van der Waals surface area contributed by atoms with Crippen molar-refractivity contribution < 1.29 is 4.74 Å². The summed E-state index contributed by atoms with van der Waals surface area (Å²) in [5.74, 6) is 3.14. The number of hydrogen-bond acceptors (Lipinski definition) is 6. The largest absolute Gasteiger partial charge is 0.452 e. The Bertz CT molecular complexity index is 3010. The molecule has 0 fully saturated rings. The lowest BCUT2D eigenvalue weighted by Gasteiger charge is -2.34. The van der Waals surface area contributed by atoms with Crippen LogP contribution >= 0.6 is 0 Å². The van der Waals surface area contributed by atoms with Crippen molar-refractivity contribution >= 4 is 60.3 Å². The lowest BCUT2D eigenvalue weighted by atomic mass is 10.0. The highest BCUT2D eigenvalue weighted by Crippen LogP contribution is 2.54. The molecule has 0 amide bonds. The van der Waals surface area contributed by atoms with E-state index < -0.39 is 0 Å². The second kappa shape index (κ2) is 12.1. The molecule has 0 saturated heterocycles. The third kappa shape index (κ3) is 4.81. The van der Waals surface area contributed by atoms with Crippen LogP contribution < -0.4 is 9.64 Å². The molecule has 0 radical (unpaired) electrons. The Morgan fingerprint density at radius 1 is 0.389 bits per heavy atom. The van der Waals surface area contributed by atoms with E-state index in [1.54, 1.807) is 0 Å². The standard InChI is InChI=1S/C48H29N5O/c1-3-18-34-30(12-1)14-7-20-36(34)46-50-47(37-21-8-15-31-13-2-4-19-35(31)37)52-48(51-46)38-22-10-25-43-45(38)54-44-26-6-5-23-42(44)53(43)41-24-9-16-32-29-40-33(28-39(32)41)17-11-27-49-40/h1-29H. The van der Waals surface area contributed by atoms with Gasteiger partial charge in [-0.3, -0.25) is 4.98 Å². The van der Waals surface area contributed by atoms with Crippen molar-refractivity contribution in [3.05, 3.63) is 176 Å². The van der Waals surface area contributed by atoms with Crippen LogP contribution in [0.15, 0.2) is 176 Å². The molecule has 10 aromatic rings. The SMILES string of the molecule is c1ccc2c(c1)Oc1c(-c3nc(-c4cccc5ccccc45)nc(-c4cccc5ccccc45)n3)cccc1N2c1cccc2cc3ncccc3cc12. The van der Waals surface area contributed by atoms with Crippen LogP contribution in [0, 0.1) is 0 Å². The molecule has 0 unspecified atom stereocenters. The lowest BCUT2D eigenvalue weighted by Crippen LogP contribution is -2.17. The van der Waals surface area contributed by atoms with E-state index in [-0.39, 0.29) is 0 Å². The van der Waals surface area contributed by atoms with Gasteiger partial charge in [0.15, 0.2) is 29.0 Å². The average molecular weight is 692 g/mol. The van der Waals surface area contributed by atoms with Crippen LogP contribution in [0.3, 0.4) is 0 Å². The van der Waals surface area contributed by atoms with Gasteiger partial charge in [0, 0.05) is 28.1 Å². The van der Waals surface area contributed by atoms with E-state index >= 15 is 0 Å². The van der Waals surface area contributed by atoms with Crippen LogP contribution in [0.25, 0.3) is 77.4 Å². The van der Waals surface area contributed by atoms with E-state index in [1.807, 2.05) is 36.5 Å². The van der Waals surface area contributed by atoms with Gasteiger partial charge >= 0.3 is 0 Å². The highest BCUT2D eigenvalue weighted by Gasteiger charge is 2.30. The molecule has 1 aliphatic heterocycles. The molecule has 8 aromatic carbocycles. The molecule has 0 bridgehead atoms. The summed E-state index contributed by atoms with van der Waals surface area (Å²) in [5.41, 5.74) is 6.49. The number of rotatable bonds is 4. The van der Waals surface area contributed by atoms with Gasteiger partial charge in [-0.15, -0.1) is 0 Å². The van der Waals surface area contributed by atoms with Crippen LogP contribution in [-0.4, -0.2) is 19.9 Å². The molecule has 3 heterocycles. The first-order valence-electron chi connectivity index (χ1n) is 18.0. The van der Waals surface area contributed by atoms with Crippen LogP contribution in [0.4, 0.5) is 17.1 Å². The number of ether oxygens (including phenoxy) is 1. The predicted molar refractivity (Wildman–Crippen MR) is 219 cm³/mol. The number of benzene rings is 8. The normalized spacial score (nSPS) is 12.2. The Morgan fingerprint density at radius 3 is 1.69 bits per heavy atom. The minimum absolute atomic E-state index is 0.530. The predicted octanol–water partition coefficient (Wildman–Crippen LogP) is 12.5. The third-order valence-corrected chi connectivity index (χ3v) is 10.3. The van der Waals surface area contributed by atoms with Gasteiger partial charge in [-0.1, -0.05) is 121 Å². The van der Waals surface area contributed by atoms with E-state index in [0.29, 0.717) is 23.2 Å². The Balaban J connectivity index is 1.17. The van der Waals surface area contributed by atoms with E-state index in [4.69, 9.17) is 19.7 Å². The summed E-state index contributed by atoms with van der Waals surface area (Å²) in [7, 11) is 0. The quantitative estimate of drug-likeness (QED) is 0.171. The minimum Gasteiger partial charge on any atom is -0.452 e. The summed E-state index contributed by atoms with van der Waals surface area (Å²) < 4.78 is 6.88. The third-order valence-electron chi connectivity index (χ3n) is 10.3. The van der Waals surface area contributed by atoms with Crippen molar-refractivity contribution in [1.29, 1.82) is 0 Å². The zero-order valence-corrected chi connectivity index (χ0v) is 28.9. The number of para-hydroxylation sites is 3. The number of anilines is 3. The van der Waals surface area contributed by atoms with Crippen LogP contribution in [-0.2, 0) is 0 Å². The molecule has 2 aromatic heterocycles. The first-order valence-corrected chi connectivity index (χ1v) is 18.0. The smallest absolute Gasteiger partial charge is 0.167 e. The highest BCUT2D eigenvalue weighted by molar-refractivity contribution is 6.07. The first kappa shape index (κ1) is 30.2. The lowest BCUT2D eigenvalue weighted by molar-refractivity contribution is 0.478. The number of pyridine rings is 1. The topological polar surface area (TPSA) is 64.0 Å². The Kier molecular flexibility index (Phi) is 6.75. The Hall–Kier alpha value is -7.44. The van der Waals surface area contributed by atoms with Gasteiger partial charge < -0.3 is 9.64 Å². The molecule has 252 valence electrons. The number of fused-ring (bicyclic) bond motifs is 6. The Morgan fingerprint density at radius 2 is 0.926 bits per heavy atom. The fourth-order valence-corrected chi connectivity index (χ4v) is 7.81. The second-order valence-corrected chi connectivity index (χ2v) is 13.5. The molecule has 6 nitrogen and oxygen atoms in total. The van der Waals surface area contributed by atoms with E-state index in [2.05, 4.69) is 149 Å². The van der Waals surface area contributed by atoms with Gasteiger partial charge in [-0.05, 0) is 75.5 Å². The summed E-state index contributed by atoms with van der Waals surface area (Å²) >= 11 is 0. The highest BCUT2D eigenvalue weighted by atomic mass is 16.5. The molecular weight excluding hydrogens is 663 g/mol. The number of nitrogens with zero attached hydrogens (tertiary/aromatic N) is 5. The number of aromatic nitrogens is 4. The fraction of sp³-hybridized carbons (Fsp3) is 0. The summed E-state index contributed by atoms with van der Waals surface area (Å²) in [6, 6.07) is 58.5. The molecular formula is C48H29N5O. The van der Waals surface area contributed by atoms with Crippen molar-refractivity contribution in [2.24, 2.45) is 0 Å². The monoisotopic (exact) mass is 691 g/mol. The maximum absolute atomic E-state index is 6.88. The molecule has 6 heteroatoms. The van der Waals surface area contributed by atoms with Gasteiger partial charge in [0.2, 0.25) is 0 Å². The molecule has 0 atom stereocenters. The molecule has 0 aliphatic carbocycles. The van der Waals surface area contributed by atoms with Crippen LogP contribution in [0.2, 0.25) is 0 Å². The first-order chi connectivity index (χ1) is 26.8. The fourth-order valence-electron chi connectivity index (χ4n) is 7.81. The van der Waals surface area contributed by atoms with Gasteiger partial charge in [0.25, 0.3) is 0 Å². The number of hydrogen-bond donors (Lipinski definition) is 0. The van der Waals surface area contributed by atoms with Crippen molar-refractivity contribution in [1.82, 2.24) is 19.9 Å². The second-order valence-electron chi connectivity index (χ2n) is 13.5. The van der Waals surface area contributed by atoms with Crippen LogP contribution in [0.5, 0.6) is 11.5 Å². The molecule has 11 rings (SSSR count). The van der Waals surface area contributed by atoms with Gasteiger partial charge in [0.05, 0.1) is 28.1 Å². The summed E-state index contributed by atoms with van der Waals surface area (Å²) in [6.07, 6.45) is 1.84. The maximum atomic E-state index is 6.88. The zero-order valence-electron chi connectivity index (χ0n) is 28.9. The van der Waals surface area contributed by atoms with Gasteiger partial charge in [-0.2, -0.15) is 0 Å². The van der Waals surface area contributed by atoms with E-state index in [9.17, 15) is 0 Å². The van der Waals surface area contributed by atoms with Crippen LogP contribution in [0.1, 0.15) is 0 Å². The summed E-state index contributed by atoms with van der Waals surface area (Å²) in [5, 5.41) is 7.70. The molecule has 0 saturated carbocycles. The van der Waals surface area contributed by atoms with E-state index in [0.717, 1.165) is 82.7 Å². The maximum Gasteiger partial charge on any atom is 0.167 e. The molecule has 1 aliphatic rings. The summed E-state index contributed by atoms with van der Waals surface area (Å²) in [6.45, 7) is 0. The van der Waals surface area contributed by atoms with E-state index in [1.165, 1.54) is 0 Å². The van der Waals surface area contributed by atoms with Crippen molar-refractivity contribution in [2.75, 3.05) is 4.90 Å².